The highest BCUT2D eigenvalue weighted by Crippen LogP contribution is 2.16. The number of carbonyl (C=O) groups is 1. The highest BCUT2D eigenvalue weighted by molar-refractivity contribution is 7.99. The van der Waals surface area contributed by atoms with E-state index < -0.39 is 18.6 Å². The van der Waals surface area contributed by atoms with Crippen molar-refractivity contribution in [1.82, 2.24) is 10.6 Å². The zero-order valence-electron chi connectivity index (χ0n) is 8.77. The summed E-state index contributed by atoms with van der Waals surface area (Å²) in [5.74, 6) is 1.44. The molecule has 2 N–H and O–H groups in total. The summed E-state index contributed by atoms with van der Waals surface area (Å²) in [5.41, 5.74) is 0. The molecule has 0 bridgehead atoms. The first-order valence-corrected chi connectivity index (χ1v) is 6.27. The van der Waals surface area contributed by atoms with Crippen LogP contribution in [0.5, 0.6) is 0 Å². The lowest BCUT2D eigenvalue weighted by molar-refractivity contribution is -0.137. The predicted molar refractivity (Wildman–Crippen MR) is 57.4 cm³/mol. The second-order valence-electron chi connectivity index (χ2n) is 3.69. The molecule has 0 saturated carbocycles. The Morgan fingerprint density at radius 3 is 2.75 bits per heavy atom. The van der Waals surface area contributed by atoms with Gasteiger partial charge in [-0.3, -0.25) is 4.79 Å². The van der Waals surface area contributed by atoms with E-state index in [1.807, 2.05) is 5.32 Å². The number of rotatable bonds is 4. The Kier molecular flexibility index (Phi) is 5.40. The topological polar surface area (TPSA) is 41.1 Å². The van der Waals surface area contributed by atoms with Gasteiger partial charge in [0.15, 0.2) is 0 Å². The largest absolute Gasteiger partial charge is 0.405 e. The van der Waals surface area contributed by atoms with E-state index in [1.54, 1.807) is 11.8 Å². The van der Waals surface area contributed by atoms with E-state index in [1.165, 1.54) is 0 Å². The van der Waals surface area contributed by atoms with Crippen LogP contribution in [0.2, 0.25) is 0 Å². The van der Waals surface area contributed by atoms with Crippen molar-refractivity contribution in [3.8, 4) is 0 Å². The van der Waals surface area contributed by atoms with E-state index >= 15 is 0 Å². The second kappa shape index (κ2) is 6.34. The third kappa shape index (κ3) is 6.22. The summed E-state index contributed by atoms with van der Waals surface area (Å²) < 4.78 is 35.3. The van der Waals surface area contributed by atoms with Crippen LogP contribution in [0.15, 0.2) is 0 Å². The second-order valence-corrected chi connectivity index (χ2v) is 4.84. The normalized spacial score (nSPS) is 21.8. The van der Waals surface area contributed by atoms with E-state index in [9.17, 15) is 18.0 Å². The Morgan fingerprint density at radius 1 is 1.44 bits per heavy atom. The molecule has 1 aliphatic rings. The Bertz CT molecular complexity index is 229. The first kappa shape index (κ1) is 13.6. The quantitative estimate of drug-likeness (QED) is 0.793. The van der Waals surface area contributed by atoms with Crippen LogP contribution in [0.25, 0.3) is 0 Å². The first-order valence-electron chi connectivity index (χ1n) is 5.12. The van der Waals surface area contributed by atoms with Crippen molar-refractivity contribution in [1.29, 1.82) is 0 Å². The number of alkyl halides is 3. The van der Waals surface area contributed by atoms with Crippen molar-refractivity contribution < 1.29 is 18.0 Å². The molecule has 1 rings (SSSR count). The smallest absolute Gasteiger partial charge is 0.346 e. The van der Waals surface area contributed by atoms with Gasteiger partial charge in [-0.05, 0) is 18.6 Å². The van der Waals surface area contributed by atoms with Crippen molar-refractivity contribution in [2.24, 2.45) is 0 Å². The number of thioether (sulfide) groups is 1. The number of nitrogens with one attached hydrogen (secondary N) is 2. The van der Waals surface area contributed by atoms with E-state index in [4.69, 9.17) is 0 Å². The Balaban J connectivity index is 2.09. The molecule has 94 valence electrons. The molecule has 0 aromatic heterocycles. The van der Waals surface area contributed by atoms with Gasteiger partial charge < -0.3 is 10.6 Å². The van der Waals surface area contributed by atoms with Crippen molar-refractivity contribution in [3.63, 3.8) is 0 Å². The van der Waals surface area contributed by atoms with Gasteiger partial charge in [-0.15, -0.1) is 0 Å². The molecule has 0 radical (unpaired) electrons. The number of hydrogen-bond donors (Lipinski definition) is 2. The van der Waals surface area contributed by atoms with Crippen molar-refractivity contribution in [3.05, 3.63) is 0 Å². The Hall–Kier alpha value is -0.430. The summed E-state index contributed by atoms with van der Waals surface area (Å²) in [6, 6.07) is 0.246. The fourth-order valence-electron chi connectivity index (χ4n) is 1.40. The molecular weight excluding hydrogens is 241 g/mol. The molecule has 0 aromatic rings. The summed E-state index contributed by atoms with van der Waals surface area (Å²) in [5, 5.41) is 4.79. The predicted octanol–water partition coefficient (Wildman–Crippen LogP) is 1.15. The number of carbonyl (C=O) groups excluding carboxylic acids is 1. The number of hydrogen-bond acceptors (Lipinski definition) is 3. The molecule has 0 aromatic carbocycles. The average Bonchev–Trinajstić information content (AvgIpc) is 2.24. The summed E-state index contributed by atoms with van der Waals surface area (Å²) in [7, 11) is 0. The molecule has 1 amide bonds. The third-order valence-corrected chi connectivity index (χ3v) is 3.41. The first-order chi connectivity index (χ1) is 7.47. The maximum atomic E-state index is 11.8. The minimum absolute atomic E-state index is 0.0404. The summed E-state index contributed by atoms with van der Waals surface area (Å²) in [6.45, 7) is -1.30. The number of amides is 1. The van der Waals surface area contributed by atoms with E-state index in [0.29, 0.717) is 0 Å². The van der Waals surface area contributed by atoms with Gasteiger partial charge in [-0.2, -0.15) is 24.9 Å². The summed E-state index contributed by atoms with van der Waals surface area (Å²) in [4.78, 5) is 11.1. The molecular formula is C9H15F3N2OS. The molecule has 1 saturated heterocycles. The van der Waals surface area contributed by atoms with E-state index in [-0.39, 0.29) is 12.6 Å². The van der Waals surface area contributed by atoms with Crippen LogP contribution in [-0.2, 0) is 4.79 Å². The van der Waals surface area contributed by atoms with Crippen LogP contribution in [0.4, 0.5) is 13.2 Å². The lowest BCUT2D eigenvalue weighted by atomic mass is 10.2. The average molecular weight is 256 g/mol. The SMILES string of the molecule is O=C(CNC1CCCSC1)NCC(F)(F)F. The Labute approximate surface area is 96.5 Å². The van der Waals surface area contributed by atoms with Crippen LogP contribution < -0.4 is 10.6 Å². The lowest BCUT2D eigenvalue weighted by Gasteiger charge is -2.22. The summed E-state index contributed by atoms with van der Waals surface area (Å²) in [6.07, 6.45) is -2.26. The monoisotopic (exact) mass is 256 g/mol. The fourth-order valence-corrected chi connectivity index (χ4v) is 2.51. The molecule has 3 nitrogen and oxygen atoms in total. The Morgan fingerprint density at radius 2 is 2.19 bits per heavy atom. The highest BCUT2D eigenvalue weighted by atomic mass is 32.2. The molecule has 0 aliphatic carbocycles. The minimum Gasteiger partial charge on any atom is -0.346 e. The molecule has 1 atom stereocenters. The van der Waals surface area contributed by atoms with Gasteiger partial charge in [0.25, 0.3) is 0 Å². The van der Waals surface area contributed by atoms with Crippen molar-refractivity contribution in [2.45, 2.75) is 25.1 Å². The summed E-state index contributed by atoms with van der Waals surface area (Å²) >= 11 is 1.80. The van der Waals surface area contributed by atoms with Crippen LogP contribution in [0.1, 0.15) is 12.8 Å². The van der Waals surface area contributed by atoms with Crippen molar-refractivity contribution >= 4 is 17.7 Å². The minimum atomic E-state index is -4.34. The zero-order valence-corrected chi connectivity index (χ0v) is 9.59. The van der Waals surface area contributed by atoms with Gasteiger partial charge >= 0.3 is 6.18 Å². The maximum Gasteiger partial charge on any atom is 0.405 e. The number of halogens is 3. The lowest BCUT2D eigenvalue weighted by Crippen LogP contribution is -2.43. The molecule has 1 fully saturated rings. The van der Waals surface area contributed by atoms with Crippen LogP contribution >= 0.6 is 11.8 Å². The molecule has 1 heterocycles. The van der Waals surface area contributed by atoms with E-state index in [2.05, 4.69) is 5.32 Å². The molecule has 1 unspecified atom stereocenters. The van der Waals surface area contributed by atoms with Gasteiger partial charge in [-0.25, -0.2) is 0 Å². The van der Waals surface area contributed by atoms with Gasteiger partial charge in [0, 0.05) is 11.8 Å². The van der Waals surface area contributed by atoms with Gasteiger partial charge in [0.1, 0.15) is 6.54 Å². The molecule has 16 heavy (non-hydrogen) atoms. The van der Waals surface area contributed by atoms with Gasteiger partial charge in [0.05, 0.1) is 6.54 Å². The highest BCUT2D eigenvalue weighted by Gasteiger charge is 2.27. The fraction of sp³-hybridized carbons (Fsp3) is 0.889. The van der Waals surface area contributed by atoms with E-state index in [0.717, 1.165) is 24.3 Å². The van der Waals surface area contributed by atoms with Crippen LogP contribution in [0.3, 0.4) is 0 Å². The third-order valence-electron chi connectivity index (χ3n) is 2.20. The maximum absolute atomic E-state index is 11.8. The van der Waals surface area contributed by atoms with Crippen molar-refractivity contribution in [2.75, 3.05) is 24.6 Å². The standard InChI is InChI=1S/C9H15F3N2OS/c10-9(11,12)6-14-8(15)4-13-7-2-1-3-16-5-7/h7,13H,1-6H2,(H,14,15). The molecule has 1 aliphatic heterocycles. The molecule has 7 heteroatoms. The van der Waals surface area contributed by atoms with Crippen LogP contribution in [-0.4, -0.2) is 42.7 Å². The van der Waals surface area contributed by atoms with Gasteiger partial charge in [0.2, 0.25) is 5.91 Å². The van der Waals surface area contributed by atoms with Crippen LogP contribution in [0, 0.1) is 0 Å². The molecule has 0 spiro atoms. The van der Waals surface area contributed by atoms with Gasteiger partial charge in [-0.1, -0.05) is 0 Å². The zero-order chi connectivity index (χ0) is 12.0.